The lowest BCUT2D eigenvalue weighted by atomic mass is 9.90. The molecule has 0 radical (unpaired) electrons. The number of hydrogen-bond acceptors (Lipinski definition) is 7. The molecule has 41 heavy (non-hydrogen) atoms. The third-order valence-electron chi connectivity index (χ3n) is 6.89. The molecule has 4 rings (SSSR count). The van der Waals surface area contributed by atoms with Crippen molar-refractivity contribution in [3.8, 4) is 0 Å². The molecular formula is C28H36F3N5O4S. The minimum atomic E-state index is -5.08. The molecule has 0 spiro atoms. The fourth-order valence-electron chi connectivity index (χ4n) is 4.69. The number of benzene rings is 1. The minimum Gasteiger partial charge on any atom is -0.475 e. The van der Waals surface area contributed by atoms with Crippen molar-refractivity contribution in [2.24, 2.45) is 0 Å². The predicted octanol–water partition coefficient (Wildman–Crippen LogP) is 4.97. The van der Waals surface area contributed by atoms with E-state index in [1.165, 1.54) is 42.2 Å². The second-order valence-corrected chi connectivity index (χ2v) is 11.1. The van der Waals surface area contributed by atoms with Crippen LogP contribution >= 0.6 is 11.3 Å². The third-order valence-corrected chi connectivity index (χ3v) is 7.89. The van der Waals surface area contributed by atoms with Crippen LogP contribution in [0.15, 0.2) is 42.5 Å². The molecule has 2 aliphatic rings. The number of hydrogen-bond donors (Lipinski definition) is 4. The first-order valence-electron chi connectivity index (χ1n) is 13.8. The van der Waals surface area contributed by atoms with Crippen LogP contribution in [0, 0.1) is 0 Å². The molecule has 1 aliphatic heterocycles. The van der Waals surface area contributed by atoms with Gasteiger partial charge in [0, 0.05) is 18.0 Å². The van der Waals surface area contributed by atoms with Crippen molar-refractivity contribution >= 4 is 34.3 Å². The number of carboxylic acid groups (broad SMARTS) is 1. The number of aromatic nitrogens is 2. The zero-order valence-corrected chi connectivity index (χ0v) is 23.5. The van der Waals surface area contributed by atoms with Gasteiger partial charge in [-0.1, -0.05) is 73.4 Å². The van der Waals surface area contributed by atoms with E-state index in [0.717, 1.165) is 56.5 Å². The first kappa shape index (κ1) is 32.2. The number of rotatable bonds is 9. The minimum absolute atomic E-state index is 0.00377. The molecule has 2 fully saturated rings. The molecule has 2 atom stereocenters. The Morgan fingerprint density at radius 2 is 1.73 bits per heavy atom. The molecule has 1 aromatic heterocycles. The first-order valence-corrected chi connectivity index (χ1v) is 14.6. The number of carboxylic acids is 1. The van der Waals surface area contributed by atoms with E-state index in [9.17, 15) is 22.8 Å². The molecule has 4 N–H and O–H groups in total. The summed E-state index contributed by atoms with van der Waals surface area (Å²) in [5.41, 5.74) is 1.21. The van der Waals surface area contributed by atoms with Gasteiger partial charge in [-0.25, -0.2) is 4.79 Å². The van der Waals surface area contributed by atoms with Gasteiger partial charge in [-0.15, -0.1) is 10.2 Å². The van der Waals surface area contributed by atoms with Crippen LogP contribution in [0.5, 0.6) is 0 Å². The summed E-state index contributed by atoms with van der Waals surface area (Å²) >= 11 is 1.47. The second-order valence-electron chi connectivity index (χ2n) is 10.1. The van der Waals surface area contributed by atoms with Gasteiger partial charge in [0.05, 0.1) is 6.04 Å². The van der Waals surface area contributed by atoms with Crippen LogP contribution in [0.4, 0.5) is 18.3 Å². The molecule has 1 aliphatic carbocycles. The van der Waals surface area contributed by atoms with Crippen LogP contribution in [0.1, 0.15) is 74.3 Å². The third kappa shape index (κ3) is 11.6. The van der Waals surface area contributed by atoms with Crippen LogP contribution < -0.4 is 16.0 Å². The second kappa shape index (κ2) is 16.2. The molecule has 2 amide bonds. The van der Waals surface area contributed by atoms with Gasteiger partial charge in [-0.3, -0.25) is 14.9 Å². The van der Waals surface area contributed by atoms with Gasteiger partial charge in [0.1, 0.15) is 5.01 Å². The van der Waals surface area contributed by atoms with E-state index in [-0.39, 0.29) is 23.9 Å². The molecule has 0 unspecified atom stereocenters. The Morgan fingerprint density at radius 1 is 1.05 bits per heavy atom. The smallest absolute Gasteiger partial charge is 0.475 e. The Hall–Kier alpha value is -3.32. The Labute approximate surface area is 241 Å². The summed E-state index contributed by atoms with van der Waals surface area (Å²) in [6, 6.07) is 9.80. The quantitative estimate of drug-likeness (QED) is 0.301. The molecule has 2 heterocycles. The van der Waals surface area contributed by atoms with Gasteiger partial charge in [-0.2, -0.15) is 13.2 Å². The number of aliphatic carboxylic acids is 1. The van der Waals surface area contributed by atoms with Crippen molar-refractivity contribution < 1.29 is 32.7 Å². The number of carbonyl (C=O) groups excluding carboxylic acids is 2. The summed E-state index contributed by atoms with van der Waals surface area (Å²) < 4.78 is 31.7. The lowest BCUT2D eigenvalue weighted by Gasteiger charge is -2.25. The SMILES string of the molecule is O=C(C=C[C@H](CCc1ccccc1)NC(=O)[C@@H]1CCCCN1)Nc1nnc(C2CCCCC2)s1.O=C(O)C(F)(F)F. The van der Waals surface area contributed by atoms with Gasteiger partial charge >= 0.3 is 12.1 Å². The van der Waals surface area contributed by atoms with E-state index in [1.54, 1.807) is 6.08 Å². The maximum Gasteiger partial charge on any atom is 0.490 e. The van der Waals surface area contributed by atoms with Gasteiger partial charge in [0.2, 0.25) is 16.9 Å². The van der Waals surface area contributed by atoms with Crippen LogP contribution in [0.3, 0.4) is 0 Å². The normalized spacial score (nSPS) is 18.7. The van der Waals surface area contributed by atoms with Crippen molar-refractivity contribution in [3.63, 3.8) is 0 Å². The number of nitrogens with zero attached hydrogens (tertiary/aromatic N) is 2. The largest absolute Gasteiger partial charge is 0.490 e. The number of aryl methyl sites for hydroxylation is 1. The molecule has 2 aromatic rings. The standard InChI is InChI=1S/C26H35N5O2S.C2HF3O2/c32-23(29-26-31-30-25(34-26)20-11-5-2-6-12-20)17-16-21(15-14-19-9-3-1-4-10-19)28-24(33)22-13-7-8-18-27-22;3-2(4,5)1(6)7/h1,3-4,9-10,16-17,20-22,27H,2,5-8,11-15,18H2,(H,28,33)(H,29,31,32);(H,6,7)/t21-,22-;/m0./s1. The highest BCUT2D eigenvalue weighted by Gasteiger charge is 2.38. The fraction of sp³-hybridized carbons (Fsp3) is 0.536. The van der Waals surface area contributed by atoms with E-state index in [4.69, 9.17) is 9.90 Å². The van der Waals surface area contributed by atoms with Crippen molar-refractivity contribution in [3.05, 3.63) is 53.1 Å². The number of amides is 2. The predicted molar refractivity (Wildman–Crippen MR) is 150 cm³/mol. The Balaban J connectivity index is 0.000000587. The lowest BCUT2D eigenvalue weighted by Crippen LogP contribution is -2.49. The first-order chi connectivity index (χ1) is 19.6. The topological polar surface area (TPSA) is 133 Å². The van der Waals surface area contributed by atoms with Crippen molar-refractivity contribution in [1.82, 2.24) is 20.8 Å². The van der Waals surface area contributed by atoms with E-state index in [2.05, 4.69) is 38.3 Å². The summed E-state index contributed by atoms with van der Waals surface area (Å²) in [6.45, 7) is 0.871. The molecule has 9 nitrogen and oxygen atoms in total. The molecule has 0 bridgehead atoms. The van der Waals surface area contributed by atoms with Crippen molar-refractivity contribution in [2.45, 2.75) is 88.4 Å². The van der Waals surface area contributed by atoms with E-state index < -0.39 is 12.1 Å². The monoisotopic (exact) mass is 595 g/mol. The zero-order chi connectivity index (χ0) is 29.7. The highest BCUT2D eigenvalue weighted by Crippen LogP contribution is 2.35. The van der Waals surface area contributed by atoms with Gasteiger partial charge in [0.25, 0.3) is 0 Å². The van der Waals surface area contributed by atoms with Crippen LogP contribution in [-0.2, 0) is 20.8 Å². The molecular weight excluding hydrogens is 559 g/mol. The molecule has 224 valence electrons. The van der Waals surface area contributed by atoms with Crippen LogP contribution in [0.2, 0.25) is 0 Å². The maximum atomic E-state index is 12.8. The Kier molecular flexibility index (Phi) is 12.7. The Bertz CT molecular complexity index is 1150. The average Bonchev–Trinajstić information content (AvgIpc) is 3.44. The summed E-state index contributed by atoms with van der Waals surface area (Å²) in [7, 11) is 0. The van der Waals surface area contributed by atoms with Gasteiger partial charge in [-0.05, 0) is 50.6 Å². The number of halogens is 3. The number of piperidine rings is 1. The van der Waals surface area contributed by atoms with Crippen LogP contribution in [0.25, 0.3) is 0 Å². The molecule has 1 aromatic carbocycles. The fourth-order valence-corrected chi connectivity index (χ4v) is 5.61. The van der Waals surface area contributed by atoms with Crippen LogP contribution in [-0.4, -0.2) is 57.9 Å². The Morgan fingerprint density at radius 3 is 2.37 bits per heavy atom. The molecule has 13 heteroatoms. The summed E-state index contributed by atoms with van der Waals surface area (Å²) in [4.78, 5) is 34.3. The van der Waals surface area contributed by atoms with E-state index in [1.807, 2.05) is 18.2 Å². The summed E-state index contributed by atoms with van der Waals surface area (Å²) in [5.74, 6) is -2.53. The van der Waals surface area contributed by atoms with Gasteiger partial charge in [0.15, 0.2) is 0 Å². The van der Waals surface area contributed by atoms with E-state index >= 15 is 0 Å². The number of carbonyl (C=O) groups is 3. The highest BCUT2D eigenvalue weighted by molar-refractivity contribution is 7.15. The number of alkyl halides is 3. The van der Waals surface area contributed by atoms with Gasteiger partial charge < -0.3 is 15.7 Å². The number of anilines is 1. The van der Waals surface area contributed by atoms with Crippen molar-refractivity contribution in [2.75, 3.05) is 11.9 Å². The summed E-state index contributed by atoms with van der Waals surface area (Å²) in [5, 5.41) is 26.4. The molecule has 1 saturated carbocycles. The molecule has 1 saturated heterocycles. The number of nitrogens with one attached hydrogen (secondary N) is 3. The highest BCUT2D eigenvalue weighted by atomic mass is 32.1. The van der Waals surface area contributed by atoms with E-state index in [0.29, 0.717) is 11.0 Å². The van der Waals surface area contributed by atoms with Crippen molar-refractivity contribution in [1.29, 1.82) is 0 Å². The zero-order valence-electron chi connectivity index (χ0n) is 22.7. The maximum absolute atomic E-state index is 12.8. The summed E-state index contributed by atoms with van der Waals surface area (Å²) in [6.07, 6.45) is 8.84. The lowest BCUT2D eigenvalue weighted by molar-refractivity contribution is -0.192. The average molecular weight is 596 g/mol.